The quantitative estimate of drug-likeness (QED) is 0.388. The molecule has 0 unspecified atom stereocenters. The van der Waals surface area contributed by atoms with Crippen molar-refractivity contribution < 1.29 is 42.2 Å². The van der Waals surface area contributed by atoms with E-state index >= 15 is 0 Å². The van der Waals surface area contributed by atoms with Crippen LogP contribution < -0.4 is 14.2 Å². The van der Waals surface area contributed by atoms with E-state index in [0.29, 0.717) is 16.9 Å². The molecule has 0 saturated heterocycles. The number of ether oxygens (including phenoxy) is 5. The summed E-state index contributed by atoms with van der Waals surface area (Å²) < 4.78 is 49.7. The van der Waals surface area contributed by atoms with Gasteiger partial charge in [-0.05, 0) is 18.2 Å². The van der Waals surface area contributed by atoms with E-state index in [9.17, 15) is 23.7 Å². The van der Waals surface area contributed by atoms with E-state index in [4.69, 9.17) is 18.9 Å². The van der Waals surface area contributed by atoms with Crippen LogP contribution in [0.3, 0.4) is 0 Å². The maximum absolute atomic E-state index is 12.4. The van der Waals surface area contributed by atoms with Crippen LogP contribution in [0.15, 0.2) is 30.3 Å². The molecule has 0 aromatic heterocycles. The average molecular weight is 411 g/mol. The Bertz CT molecular complexity index is 934. The first-order valence-corrected chi connectivity index (χ1v) is 8.19. The summed E-state index contributed by atoms with van der Waals surface area (Å²) in [5, 5.41) is 11.1. The second-order valence-corrected chi connectivity index (χ2v) is 5.78. The van der Waals surface area contributed by atoms with E-state index in [1.807, 2.05) is 0 Å². The van der Waals surface area contributed by atoms with Crippen molar-refractivity contribution >= 4 is 11.7 Å². The van der Waals surface area contributed by atoms with Crippen LogP contribution in [0.1, 0.15) is 21.5 Å². The molecule has 1 heterocycles. The number of hydrogen-bond acceptors (Lipinski definition) is 8. The Kier molecular flexibility index (Phi) is 6.07. The van der Waals surface area contributed by atoms with Crippen molar-refractivity contribution in [3.05, 3.63) is 57.1 Å². The SMILES string of the molecule is COc1cc(C(=O)OCc2cc([N+](=O)[O-])cc3c2OCOC3)ccc1OC(F)F. The van der Waals surface area contributed by atoms with E-state index in [-0.39, 0.29) is 42.8 Å². The highest BCUT2D eigenvalue weighted by Crippen LogP contribution is 2.34. The van der Waals surface area contributed by atoms with Gasteiger partial charge in [0.25, 0.3) is 5.69 Å². The number of nitro groups is 1. The number of rotatable bonds is 7. The number of nitro benzene ring substituents is 1. The van der Waals surface area contributed by atoms with Gasteiger partial charge in [0.2, 0.25) is 0 Å². The first-order chi connectivity index (χ1) is 13.9. The largest absolute Gasteiger partial charge is 0.493 e. The molecule has 2 aromatic rings. The van der Waals surface area contributed by atoms with Crippen molar-refractivity contribution in [3.63, 3.8) is 0 Å². The summed E-state index contributed by atoms with van der Waals surface area (Å²) in [7, 11) is 1.23. The summed E-state index contributed by atoms with van der Waals surface area (Å²) in [5.74, 6) is -0.750. The van der Waals surface area contributed by atoms with Gasteiger partial charge in [0.15, 0.2) is 18.3 Å². The molecule has 11 heteroatoms. The van der Waals surface area contributed by atoms with Gasteiger partial charge in [-0.25, -0.2) is 4.79 Å². The summed E-state index contributed by atoms with van der Waals surface area (Å²) in [6.45, 7) is -3.26. The van der Waals surface area contributed by atoms with Gasteiger partial charge in [-0.1, -0.05) is 0 Å². The Hall–Kier alpha value is -3.47. The Morgan fingerprint density at radius 1 is 1.28 bits per heavy atom. The number of fused-ring (bicyclic) bond motifs is 1. The van der Waals surface area contributed by atoms with Crippen molar-refractivity contribution in [1.82, 2.24) is 0 Å². The van der Waals surface area contributed by atoms with Crippen LogP contribution in [0.2, 0.25) is 0 Å². The van der Waals surface area contributed by atoms with Gasteiger partial charge in [-0.3, -0.25) is 10.1 Å². The number of nitrogens with zero attached hydrogens (tertiary/aromatic N) is 1. The Balaban J connectivity index is 1.79. The lowest BCUT2D eigenvalue weighted by atomic mass is 10.1. The minimum absolute atomic E-state index is 0.0204. The molecule has 2 aromatic carbocycles. The highest BCUT2D eigenvalue weighted by atomic mass is 19.3. The van der Waals surface area contributed by atoms with Crippen molar-refractivity contribution in [3.8, 4) is 17.2 Å². The third-order valence-electron chi connectivity index (χ3n) is 3.96. The van der Waals surface area contributed by atoms with Crippen LogP contribution in [0.25, 0.3) is 0 Å². The zero-order chi connectivity index (χ0) is 21.0. The maximum Gasteiger partial charge on any atom is 0.387 e. The zero-order valence-electron chi connectivity index (χ0n) is 15.1. The lowest BCUT2D eigenvalue weighted by Crippen LogP contribution is -2.15. The van der Waals surface area contributed by atoms with Crippen LogP contribution in [0.5, 0.6) is 17.2 Å². The molecular weight excluding hydrogens is 396 g/mol. The second-order valence-electron chi connectivity index (χ2n) is 5.78. The van der Waals surface area contributed by atoms with E-state index in [1.165, 1.54) is 31.4 Å². The molecule has 0 atom stereocenters. The third-order valence-corrected chi connectivity index (χ3v) is 3.96. The topological polar surface area (TPSA) is 106 Å². The molecule has 0 bridgehead atoms. The van der Waals surface area contributed by atoms with Crippen molar-refractivity contribution in [2.24, 2.45) is 0 Å². The van der Waals surface area contributed by atoms with Crippen molar-refractivity contribution in [2.75, 3.05) is 13.9 Å². The van der Waals surface area contributed by atoms with Gasteiger partial charge in [0.1, 0.15) is 12.4 Å². The Labute approximate surface area is 162 Å². The second kappa shape index (κ2) is 8.69. The lowest BCUT2D eigenvalue weighted by molar-refractivity contribution is -0.385. The minimum atomic E-state index is -3.05. The molecule has 0 spiro atoms. The van der Waals surface area contributed by atoms with E-state index in [2.05, 4.69) is 4.74 Å². The molecule has 0 saturated carbocycles. The number of carbonyl (C=O) groups is 1. The smallest absolute Gasteiger partial charge is 0.387 e. The molecule has 0 N–H and O–H groups in total. The molecule has 0 aliphatic carbocycles. The number of esters is 1. The van der Waals surface area contributed by atoms with Crippen LogP contribution in [-0.2, 0) is 22.7 Å². The summed E-state index contributed by atoms with van der Waals surface area (Å²) in [6, 6.07) is 6.14. The van der Waals surface area contributed by atoms with E-state index in [1.54, 1.807) is 0 Å². The number of alkyl halides is 2. The van der Waals surface area contributed by atoms with Gasteiger partial charge >= 0.3 is 12.6 Å². The number of methoxy groups -OCH3 is 1. The van der Waals surface area contributed by atoms with Crippen LogP contribution >= 0.6 is 0 Å². The molecule has 0 fully saturated rings. The Morgan fingerprint density at radius 2 is 2.07 bits per heavy atom. The normalized spacial score (nSPS) is 12.7. The molecule has 0 radical (unpaired) electrons. The highest BCUT2D eigenvalue weighted by molar-refractivity contribution is 5.90. The van der Waals surface area contributed by atoms with Gasteiger partial charge < -0.3 is 23.7 Å². The highest BCUT2D eigenvalue weighted by Gasteiger charge is 2.22. The van der Waals surface area contributed by atoms with Crippen LogP contribution in [0, 0.1) is 10.1 Å². The lowest BCUT2D eigenvalue weighted by Gasteiger charge is -2.20. The number of halogens is 2. The number of carbonyl (C=O) groups excluding carboxylic acids is 1. The molecule has 1 aliphatic heterocycles. The molecule has 1 aliphatic rings. The summed E-state index contributed by atoms with van der Waals surface area (Å²) >= 11 is 0. The third kappa shape index (κ3) is 4.69. The van der Waals surface area contributed by atoms with Crippen LogP contribution in [-0.4, -0.2) is 31.4 Å². The Morgan fingerprint density at radius 3 is 2.76 bits per heavy atom. The average Bonchev–Trinajstić information content (AvgIpc) is 2.71. The van der Waals surface area contributed by atoms with Crippen molar-refractivity contribution in [1.29, 1.82) is 0 Å². The minimum Gasteiger partial charge on any atom is -0.493 e. The molecule has 29 heavy (non-hydrogen) atoms. The van der Waals surface area contributed by atoms with E-state index < -0.39 is 17.5 Å². The fourth-order valence-corrected chi connectivity index (χ4v) is 2.71. The number of non-ortho nitro benzene ring substituents is 1. The predicted molar refractivity (Wildman–Crippen MR) is 92.1 cm³/mol. The first kappa shape index (κ1) is 20.3. The molecule has 0 amide bonds. The molecule has 3 rings (SSSR count). The first-order valence-electron chi connectivity index (χ1n) is 8.19. The van der Waals surface area contributed by atoms with Crippen molar-refractivity contribution in [2.45, 2.75) is 19.8 Å². The molecular formula is C18H15F2NO8. The molecule has 154 valence electrons. The summed E-state index contributed by atoms with van der Waals surface area (Å²) in [6.07, 6.45) is 0. The summed E-state index contributed by atoms with van der Waals surface area (Å²) in [4.78, 5) is 22.9. The van der Waals surface area contributed by atoms with Gasteiger partial charge in [0.05, 0.1) is 24.2 Å². The van der Waals surface area contributed by atoms with Gasteiger partial charge in [0, 0.05) is 23.3 Å². The number of benzene rings is 2. The molecule has 9 nitrogen and oxygen atoms in total. The maximum atomic E-state index is 12.4. The number of hydrogen-bond donors (Lipinski definition) is 0. The predicted octanol–water partition coefficient (Wildman–Crippen LogP) is 3.43. The van der Waals surface area contributed by atoms with Gasteiger partial charge in [-0.2, -0.15) is 8.78 Å². The fourth-order valence-electron chi connectivity index (χ4n) is 2.71. The van der Waals surface area contributed by atoms with Gasteiger partial charge in [-0.15, -0.1) is 0 Å². The standard InChI is InChI=1S/C18H15F2NO8/c1-25-15-6-10(2-3-14(15)29-18(19)20)17(22)27-8-12-5-13(21(23)24)4-11-7-26-9-28-16(11)12/h2-6,18H,7-9H2,1H3. The zero-order valence-corrected chi connectivity index (χ0v) is 15.1. The fraction of sp³-hybridized carbons (Fsp3) is 0.278. The van der Waals surface area contributed by atoms with E-state index in [0.717, 1.165) is 6.07 Å². The monoisotopic (exact) mass is 411 g/mol. The summed E-state index contributed by atoms with van der Waals surface area (Å²) in [5.41, 5.74) is 0.591. The van der Waals surface area contributed by atoms with Crippen LogP contribution in [0.4, 0.5) is 14.5 Å².